The number of aromatic nitrogens is 2. The SMILES string of the molecule is CCN1CN(c2nc(C(C)C)ns2)CC1=O. The van der Waals surface area contributed by atoms with E-state index in [4.69, 9.17) is 0 Å². The van der Waals surface area contributed by atoms with Crippen molar-refractivity contribution in [2.24, 2.45) is 0 Å². The monoisotopic (exact) mass is 240 g/mol. The van der Waals surface area contributed by atoms with Gasteiger partial charge in [-0.05, 0) is 6.92 Å². The van der Waals surface area contributed by atoms with Gasteiger partial charge < -0.3 is 9.80 Å². The second-order valence-electron chi connectivity index (χ2n) is 4.18. The van der Waals surface area contributed by atoms with E-state index in [0.29, 0.717) is 19.1 Å². The third-order valence-electron chi connectivity index (χ3n) is 2.62. The Hall–Kier alpha value is -1.17. The zero-order valence-corrected chi connectivity index (χ0v) is 10.6. The first-order valence-electron chi connectivity index (χ1n) is 5.48. The number of rotatable bonds is 3. The lowest BCUT2D eigenvalue weighted by molar-refractivity contribution is -0.126. The first-order chi connectivity index (χ1) is 7.61. The molecular formula is C10H16N4OS. The highest BCUT2D eigenvalue weighted by Crippen LogP contribution is 2.23. The average molecular weight is 240 g/mol. The lowest BCUT2D eigenvalue weighted by Gasteiger charge is -2.14. The Morgan fingerprint density at radius 2 is 2.25 bits per heavy atom. The molecule has 88 valence electrons. The average Bonchev–Trinajstić information content (AvgIpc) is 2.83. The molecule has 0 saturated carbocycles. The Kier molecular flexibility index (Phi) is 3.09. The van der Waals surface area contributed by atoms with Crippen molar-refractivity contribution < 1.29 is 4.79 Å². The van der Waals surface area contributed by atoms with Gasteiger partial charge in [0.2, 0.25) is 11.0 Å². The fourth-order valence-corrected chi connectivity index (χ4v) is 2.39. The highest BCUT2D eigenvalue weighted by atomic mass is 32.1. The molecule has 0 aliphatic carbocycles. The van der Waals surface area contributed by atoms with Crippen molar-refractivity contribution in [2.45, 2.75) is 26.7 Å². The summed E-state index contributed by atoms with van der Waals surface area (Å²) in [6.07, 6.45) is 0. The molecule has 1 fully saturated rings. The van der Waals surface area contributed by atoms with Crippen molar-refractivity contribution in [1.29, 1.82) is 0 Å². The normalized spacial score (nSPS) is 16.6. The van der Waals surface area contributed by atoms with Crippen molar-refractivity contribution in [2.75, 3.05) is 24.7 Å². The maximum Gasteiger partial charge on any atom is 0.243 e. The molecule has 1 amide bonds. The third-order valence-corrected chi connectivity index (χ3v) is 3.41. The second kappa shape index (κ2) is 4.37. The minimum atomic E-state index is 0.170. The fraction of sp³-hybridized carbons (Fsp3) is 0.700. The van der Waals surface area contributed by atoms with Gasteiger partial charge in [0, 0.05) is 24.0 Å². The van der Waals surface area contributed by atoms with Crippen LogP contribution in [0, 0.1) is 0 Å². The van der Waals surface area contributed by atoms with Gasteiger partial charge in [-0.1, -0.05) is 13.8 Å². The van der Waals surface area contributed by atoms with E-state index in [1.165, 1.54) is 11.5 Å². The molecule has 0 radical (unpaired) electrons. The predicted octanol–water partition coefficient (Wildman–Crippen LogP) is 1.29. The number of carbonyl (C=O) groups is 1. The van der Waals surface area contributed by atoms with Gasteiger partial charge in [0.1, 0.15) is 12.4 Å². The van der Waals surface area contributed by atoms with E-state index in [1.54, 1.807) is 0 Å². The van der Waals surface area contributed by atoms with Crippen LogP contribution in [-0.2, 0) is 4.79 Å². The Bertz CT molecular complexity index is 390. The standard InChI is InChI=1S/C10H16N4OS/c1-4-13-6-14(5-8(13)15)10-11-9(7(2)3)12-16-10/h7H,4-6H2,1-3H3. The van der Waals surface area contributed by atoms with E-state index < -0.39 is 0 Å². The first-order valence-corrected chi connectivity index (χ1v) is 6.25. The van der Waals surface area contributed by atoms with Gasteiger partial charge in [-0.15, -0.1) is 0 Å². The lowest BCUT2D eigenvalue weighted by Crippen LogP contribution is -2.26. The van der Waals surface area contributed by atoms with Gasteiger partial charge in [0.15, 0.2) is 0 Å². The van der Waals surface area contributed by atoms with Crippen LogP contribution in [-0.4, -0.2) is 39.9 Å². The molecule has 5 nitrogen and oxygen atoms in total. The minimum absolute atomic E-state index is 0.170. The third kappa shape index (κ3) is 2.02. The fourth-order valence-electron chi connectivity index (χ4n) is 1.59. The highest BCUT2D eigenvalue weighted by molar-refractivity contribution is 7.09. The quantitative estimate of drug-likeness (QED) is 0.798. The molecule has 0 aromatic carbocycles. The van der Waals surface area contributed by atoms with Crippen molar-refractivity contribution in [3.8, 4) is 0 Å². The number of likely N-dealkylation sites (N-methyl/N-ethyl adjacent to an activating group) is 1. The molecule has 1 aromatic rings. The van der Waals surface area contributed by atoms with Crippen LogP contribution in [0.1, 0.15) is 32.5 Å². The molecular weight excluding hydrogens is 224 g/mol. The van der Waals surface area contributed by atoms with E-state index in [1.807, 2.05) is 16.7 Å². The van der Waals surface area contributed by atoms with E-state index in [2.05, 4.69) is 23.2 Å². The van der Waals surface area contributed by atoms with Crippen LogP contribution < -0.4 is 4.90 Å². The van der Waals surface area contributed by atoms with Crippen LogP contribution >= 0.6 is 11.5 Å². The summed E-state index contributed by atoms with van der Waals surface area (Å²) in [5.41, 5.74) is 0. The van der Waals surface area contributed by atoms with Crippen LogP contribution in [0.15, 0.2) is 0 Å². The molecule has 1 aliphatic rings. The summed E-state index contributed by atoms with van der Waals surface area (Å²) in [5, 5.41) is 0.855. The van der Waals surface area contributed by atoms with Gasteiger partial charge in [0.05, 0.1) is 6.67 Å². The number of anilines is 1. The van der Waals surface area contributed by atoms with Crippen molar-refractivity contribution in [3.05, 3.63) is 5.82 Å². The lowest BCUT2D eigenvalue weighted by atomic mass is 10.2. The molecule has 16 heavy (non-hydrogen) atoms. The summed E-state index contributed by atoms with van der Waals surface area (Å²) in [6.45, 7) is 7.95. The molecule has 6 heteroatoms. The summed E-state index contributed by atoms with van der Waals surface area (Å²) in [5.74, 6) is 1.37. The summed E-state index contributed by atoms with van der Waals surface area (Å²) < 4.78 is 4.30. The molecule has 0 bridgehead atoms. The van der Waals surface area contributed by atoms with Crippen LogP contribution in [0.4, 0.5) is 5.13 Å². The number of nitrogens with zero attached hydrogens (tertiary/aromatic N) is 4. The largest absolute Gasteiger partial charge is 0.324 e. The Balaban J connectivity index is 2.11. The van der Waals surface area contributed by atoms with Crippen LogP contribution in [0.2, 0.25) is 0 Å². The summed E-state index contributed by atoms with van der Waals surface area (Å²) in [4.78, 5) is 19.8. The molecule has 1 aromatic heterocycles. The molecule has 2 rings (SSSR count). The zero-order chi connectivity index (χ0) is 11.7. The van der Waals surface area contributed by atoms with Gasteiger partial charge in [-0.25, -0.2) is 4.98 Å². The Labute approximate surface area is 99.2 Å². The molecule has 1 saturated heterocycles. The molecule has 0 unspecified atom stereocenters. The van der Waals surface area contributed by atoms with E-state index in [0.717, 1.165) is 17.5 Å². The molecule has 0 N–H and O–H groups in total. The van der Waals surface area contributed by atoms with Gasteiger partial charge in [-0.3, -0.25) is 4.79 Å². The smallest absolute Gasteiger partial charge is 0.243 e. The van der Waals surface area contributed by atoms with Crippen LogP contribution in [0.25, 0.3) is 0 Å². The van der Waals surface area contributed by atoms with Gasteiger partial charge in [-0.2, -0.15) is 4.37 Å². The Morgan fingerprint density at radius 3 is 2.75 bits per heavy atom. The van der Waals surface area contributed by atoms with Crippen LogP contribution in [0.5, 0.6) is 0 Å². The minimum Gasteiger partial charge on any atom is -0.324 e. The van der Waals surface area contributed by atoms with E-state index >= 15 is 0 Å². The van der Waals surface area contributed by atoms with Crippen molar-refractivity contribution in [3.63, 3.8) is 0 Å². The van der Waals surface area contributed by atoms with E-state index in [9.17, 15) is 4.79 Å². The second-order valence-corrected chi connectivity index (χ2v) is 4.91. The molecule has 0 spiro atoms. The van der Waals surface area contributed by atoms with E-state index in [-0.39, 0.29) is 5.91 Å². The number of carbonyl (C=O) groups excluding carboxylic acids is 1. The number of hydrogen-bond donors (Lipinski definition) is 0. The predicted molar refractivity (Wildman–Crippen MR) is 63.6 cm³/mol. The van der Waals surface area contributed by atoms with Crippen LogP contribution in [0.3, 0.4) is 0 Å². The topological polar surface area (TPSA) is 49.3 Å². The molecule has 2 heterocycles. The molecule has 1 aliphatic heterocycles. The number of hydrogen-bond acceptors (Lipinski definition) is 5. The maximum atomic E-state index is 11.6. The Morgan fingerprint density at radius 1 is 1.50 bits per heavy atom. The van der Waals surface area contributed by atoms with Gasteiger partial charge >= 0.3 is 0 Å². The van der Waals surface area contributed by atoms with Crippen molar-refractivity contribution >= 4 is 22.6 Å². The summed E-state index contributed by atoms with van der Waals surface area (Å²) in [6, 6.07) is 0. The summed E-state index contributed by atoms with van der Waals surface area (Å²) in [7, 11) is 0. The first kappa shape index (κ1) is 11.3. The summed E-state index contributed by atoms with van der Waals surface area (Å²) >= 11 is 1.38. The molecule has 0 atom stereocenters. The highest BCUT2D eigenvalue weighted by Gasteiger charge is 2.28. The maximum absolute atomic E-state index is 11.6. The number of amides is 1. The van der Waals surface area contributed by atoms with Gasteiger partial charge in [0.25, 0.3) is 0 Å². The van der Waals surface area contributed by atoms with Crippen molar-refractivity contribution in [1.82, 2.24) is 14.3 Å². The zero-order valence-electron chi connectivity index (χ0n) is 9.80.